The second-order valence-electron chi connectivity index (χ2n) is 5.70. The molecule has 2 N–H and O–H groups in total. The van der Waals surface area contributed by atoms with Crippen LogP contribution in [-0.2, 0) is 0 Å². The van der Waals surface area contributed by atoms with Gasteiger partial charge in [0.15, 0.2) is 5.82 Å². The first-order valence-corrected chi connectivity index (χ1v) is 7.24. The highest BCUT2D eigenvalue weighted by molar-refractivity contribution is 5.04. The maximum Gasteiger partial charge on any atom is 0.231 e. The Morgan fingerprint density at radius 1 is 1.37 bits per heavy atom. The van der Waals surface area contributed by atoms with Gasteiger partial charge < -0.3 is 10.3 Å². The van der Waals surface area contributed by atoms with Gasteiger partial charge in [-0.25, -0.2) is 0 Å². The normalized spacial score (nSPS) is 33.3. The Bertz CT molecular complexity index is 426. The van der Waals surface area contributed by atoms with Crippen molar-refractivity contribution in [1.29, 1.82) is 0 Å². The summed E-state index contributed by atoms with van der Waals surface area (Å²) in [5.41, 5.74) is 6.05. The van der Waals surface area contributed by atoms with E-state index in [2.05, 4.69) is 33.8 Å². The average molecular weight is 265 g/mol. The average Bonchev–Trinajstić information content (AvgIpc) is 2.96. The van der Waals surface area contributed by atoms with Gasteiger partial charge in [-0.3, -0.25) is 9.80 Å². The Morgan fingerprint density at radius 2 is 2.11 bits per heavy atom. The minimum atomic E-state index is 0.0835. The lowest BCUT2D eigenvalue weighted by molar-refractivity contribution is 0.00781. The molecule has 0 spiro atoms. The molecule has 0 aliphatic carbocycles. The van der Waals surface area contributed by atoms with E-state index in [9.17, 15) is 0 Å². The van der Waals surface area contributed by atoms with Crippen molar-refractivity contribution in [3.05, 3.63) is 11.7 Å². The van der Waals surface area contributed by atoms with Crippen LogP contribution in [0.25, 0.3) is 0 Å². The van der Waals surface area contributed by atoms with Crippen molar-refractivity contribution in [2.75, 3.05) is 32.7 Å². The van der Waals surface area contributed by atoms with E-state index in [4.69, 9.17) is 10.3 Å². The van der Waals surface area contributed by atoms with Crippen LogP contribution in [0.2, 0.25) is 0 Å². The predicted molar refractivity (Wildman–Crippen MR) is 71.7 cm³/mol. The zero-order valence-corrected chi connectivity index (χ0v) is 11.7. The zero-order valence-electron chi connectivity index (χ0n) is 11.7. The van der Waals surface area contributed by atoms with Gasteiger partial charge in [-0.1, -0.05) is 19.0 Å². The molecule has 4 rings (SSSR count). The standard InChI is InChI=1S/C13H23N5O/c1-3-10(14)9(2)13-15-12(16-19-13)11-8-17-4-6-18(11)7-5-17/h9-11H,3-8,14H2,1-2H3. The molecule has 6 heteroatoms. The lowest BCUT2D eigenvalue weighted by Crippen LogP contribution is -2.57. The number of nitrogens with two attached hydrogens (primary N) is 1. The van der Waals surface area contributed by atoms with E-state index >= 15 is 0 Å². The molecule has 1 aromatic rings. The number of rotatable bonds is 4. The largest absolute Gasteiger partial charge is 0.339 e. The SMILES string of the molecule is CCC(N)C(C)c1nc(C2CN3CCN2CC3)no1. The molecule has 3 unspecified atom stereocenters. The highest BCUT2D eigenvalue weighted by atomic mass is 16.5. The van der Waals surface area contributed by atoms with Gasteiger partial charge in [0.2, 0.25) is 5.89 Å². The third-order valence-electron chi connectivity index (χ3n) is 4.54. The molecule has 0 aromatic carbocycles. The van der Waals surface area contributed by atoms with Crippen LogP contribution < -0.4 is 5.73 Å². The summed E-state index contributed by atoms with van der Waals surface area (Å²) >= 11 is 0. The van der Waals surface area contributed by atoms with Gasteiger partial charge >= 0.3 is 0 Å². The number of aromatic nitrogens is 2. The minimum Gasteiger partial charge on any atom is -0.339 e. The smallest absolute Gasteiger partial charge is 0.231 e. The molecule has 1 aromatic heterocycles. The molecule has 6 nitrogen and oxygen atoms in total. The summed E-state index contributed by atoms with van der Waals surface area (Å²) in [6, 6.07) is 0.380. The number of nitrogens with zero attached hydrogens (tertiary/aromatic N) is 4. The van der Waals surface area contributed by atoms with Gasteiger partial charge in [0.25, 0.3) is 0 Å². The van der Waals surface area contributed by atoms with Gasteiger partial charge in [0.05, 0.1) is 12.0 Å². The van der Waals surface area contributed by atoms with Crippen molar-refractivity contribution in [3.8, 4) is 0 Å². The molecular weight excluding hydrogens is 242 g/mol. The Kier molecular flexibility index (Phi) is 3.56. The molecule has 0 radical (unpaired) electrons. The Morgan fingerprint density at radius 3 is 2.68 bits per heavy atom. The lowest BCUT2D eigenvalue weighted by Gasteiger charge is -2.46. The molecule has 106 valence electrons. The Hall–Kier alpha value is -0.980. The van der Waals surface area contributed by atoms with E-state index < -0.39 is 0 Å². The fourth-order valence-corrected chi connectivity index (χ4v) is 2.97. The van der Waals surface area contributed by atoms with Crippen LogP contribution in [0.4, 0.5) is 0 Å². The summed E-state index contributed by atoms with van der Waals surface area (Å²) in [5.74, 6) is 1.64. The monoisotopic (exact) mass is 265 g/mol. The molecule has 3 aliphatic rings. The van der Waals surface area contributed by atoms with Gasteiger partial charge in [-0.15, -0.1) is 0 Å². The molecule has 2 bridgehead atoms. The quantitative estimate of drug-likeness (QED) is 0.859. The van der Waals surface area contributed by atoms with E-state index in [-0.39, 0.29) is 12.0 Å². The summed E-state index contributed by atoms with van der Waals surface area (Å²) in [6.45, 7) is 9.71. The highest BCUT2D eigenvalue weighted by Gasteiger charge is 2.36. The van der Waals surface area contributed by atoms with E-state index in [0.29, 0.717) is 11.9 Å². The van der Waals surface area contributed by atoms with Gasteiger partial charge in [-0.05, 0) is 6.42 Å². The fourth-order valence-electron chi connectivity index (χ4n) is 2.97. The maximum atomic E-state index is 6.05. The van der Waals surface area contributed by atoms with Crippen molar-refractivity contribution in [1.82, 2.24) is 19.9 Å². The zero-order chi connectivity index (χ0) is 13.4. The maximum absolute atomic E-state index is 6.05. The second-order valence-corrected chi connectivity index (χ2v) is 5.70. The van der Waals surface area contributed by atoms with Crippen molar-refractivity contribution < 1.29 is 4.52 Å². The Balaban J connectivity index is 1.74. The van der Waals surface area contributed by atoms with Crippen molar-refractivity contribution in [2.24, 2.45) is 5.73 Å². The number of hydrogen-bond acceptors (Lipinski definition) is 6. The van der Waals surface area contributed by atoms with Crippen LogP contribution in [0.15, 0.2) is 4.52 Å². The van der Waals surface area contributed by atoms with Crippen LogP contribution in [-0.4, -0.2) is 58.7 Å². The van der Waals surface area contributed by atoms with E-state index in [1.165, 1.54) is 13.1 Å². The molecule has 0 amide bonds. The first-order valence-electron chi connectivity index (χ1n) is 7.24. The van der Waals surface area contributed by atoms with Gasteiger partial charge in [-0.2, -0.15) is 4.98 Å². The van der Waals surface area contributed by atoms with Crippen LogP contribution in [0.5, 0.6) is 0 Å². The molecular formula is C13H23N5O. The van der Waals surface area contributed by atoms with E-state index in [1.54, 1.807) is 0 Å². The van der Waals surface area contributed by atoms with Crippen molar-refractivity contribution in [2.45, 2.75) is 38.3 Å². The highest BCUT2D eigenvalue weighted by Crippen LogP contribution is 2.28. The predicted octanol–water partition coefficient (Wildman–Crippen LogP) is 0.583. The molecule has 3 atom stereocenters. The molecule has 0 saturated carbocycles. The molecule has 4 heterocycles. The fraction of sp³-hybridized carbons (Fsp3) is 0.846. The van der Waals surface area contributed by atoms with Crippen LogP contribution in [0, 0.1) is 0 Å². The lowest BCUT2D eigenvalue weighted by atomic mass is 10.0. The van der Waals surface area contributed by atoms with Crippen molar-refractivity contribution >= 4 is 0 Å². The molecule has 19 heavy (non-hydrogen) atoms. The topological polar surface area (TPSA) is 71.4 Å². The van der Waals surface area contributed by atoms with Crippen LogP contribution >= 0.6 is 0 Å². The third kappa shape index (κ3) is 2.40. The summed E-state index contributed by atoms with van der Waals surface area (Å²) in [4.78, 5) is 9.53. The second kappa shape index (κ2) is 5.19. The summed E-state index contributed by atoms with van der Waals surface area (Å²) in [7, 11) is 0. The first kappa shape index (κ1) is 13.0. The van der Waals surface area contributed by atoms with Gasteiger partial charge in [0.1, 0.15) is 0 Å². The first-order chi connectivity index (χ1) is 9.19. The van der Waals surface area contributed by atoms with E-state index in [0.717, 1.165) is 31.9 Å². The summed E-state index contributed by atoms with van der Waals surface area (Å²) in [5, 5.41) is 4.19. The van der Waals surface area contributed by atoms with Crippen LogP contribution in [0.1, 0.15) is 43.9 Å². The number of fused-ring (bicyclic) bond motifs is 3. The molecule has 3 fully saturated rings. The molecule has 3 aliphatic heterocycles. The van der Waals surface area contributed by atoms with Crippen LogP contribution in [0.3, 0.4) is 0 Å². The number of hydrogen-bond donors (Lipinski definition) is 1. The van der Waals surface area contributed by atoms with Crippen molar-refractivity contribution in [3.63, 3.8) is 0 Å². The summed E-state index contributed by atoms with van der Waals surface area (Å²) < 4.78 is 5.42. The molecule has 3 saturated heterocycles. The number of piperazine rings is 3. The third-order valence-corrected chi connectivity index (χ3v) is 4.54. The van der Waals surface area contributed by atoms with E-state index in [1.807, 2.05) is 0 Å². The minimum absolute atomic E-state index is 0.0835. The Labute approximate surface area is 113 Å². The van der Waals surface area contributed by atoms with Gasteiger partial charge in [0, 0.05) is 38.8 Å². The summed E-state index contributed by atoms with van der Waals surface area (Å²) in [6.07, 6.45) is 0.919.